The van der Waals surface area contributed by atoms with Crippen LogP contribution in [0.25, 0.3) is 10.1 Å². The largest absolute Gasteiger partial charge is 0.496 e. The molecule has 1 fully saturated rings. The molecule has 0 unspecified atom stereocenters. The lowest BCUT2D eigenvalue weighted by Gasteiger charge is -2.20. The Bertz CT molecular complexity index is 679. The number of hydrogen-bond acceptors (Lipinski definition) is 5. The number of carbonyl (C=O) groups excluding carboxylic acids is 1. The summed E-state index contributed by atoms with van der Waals surface area (Å²) in [4.78, 5) is 15.0. The van der Waals surface area contributed by atoms with Gasteiger partial charge >= 0.3 is 0 Å². The molecule has 3 N–H and O–H groups in total. The van der Waals surface area contributed by atoms with E-state index in [2.05, 4.69) is 0 Å². The van der Waals surface area contributed by atoms with Crippen molar-refractivity contribution in [2.75, 3.05) is 26.0 Å². The maximum Gasteiger partial charge on any atom is 0.266 e. The zero-order valence-corrected chi connectivity index (χ0v) is 12.7. The van der Waals surface area contributed by atoms with Gasteiger partial charge in [0.1, 0.15) is 10.6 Å². The second-order valence-corrected chi connectivity index (χ2v) is 6.18. The van der Waals surface area contributed by atoms with Crippen molar-refractivity contribution in [2.24, 2.45) is 0 Å². The first kappa shape index (κ1) is 14.2. The van der Waals surface area contributed by atoms with Crippen molar-refractivity contribution in [3.05, 3.63) is 23.1 Å². The molecule has 21 heavy (non-hydrogen) atoms. The van der Waals surface area contributed by atoms with Gasteiger partial charge in [-0.3, -0.25) is 4.79 Å². The summed E-state index contributed by atoms with van der Waals surface area (Å²) in [5.41, 5.74) is 6.66. The highest BCUT2D eigenvalue weighted by molar-refractivity contribution is 7.21. The van der Waals surface area contributed by atoms with E-state index in [9.17, 15) is 4.79 Å². The average Bonchev–Trinajstić information content (AvgIpc) is 3.28. The van der Waals surface area contributed by atoms with E-state index in [-0.39, 0.29) is 18.6 Å². The smallest absolute Gasteiger partial charge is 0.266 e. The van der Waals surface area contributed by atoms with Crippen LogP contribution in [0.3, 0.4) is 0 Å². The number of nitrogen functional groups attached to an aromatic ring is 1. The van der Waals surface area contributed by atoms with Gasteiger partial charge in [0.25, 0.3) is 5.91 Å². The molecule has 0 spiro atoms. The van der Waals surface area contributed by atoms with Crippen LogP contribution in [-0.2, 0) is 0 Å². The second-order valence-electron chi connectivity index (χ2n) is 5.13. The number of thiophene rings is 1. The lowest BCUT2D eigenvalue weighted by atomic mass is 10.2. The number of hydrogen-bond donors (Lipinski definition) is 2. The summed E-state index contributed by atoms with van der Waals surface area (Å²) < 4.78 is 6.27. The number of benzene rings is 1. The molecular formula is C15H18N2O3S. The first-order valence-electron chi connectivity index (χ1n) is 6.94. The van der Waals surface area contributed by atoms with Gasteiger partial charge in [0.05, 0.1) is 24.8 Å². The van der Waals surface area contributed by atoms with Crippen molar-refractivity contribution < 1.29 is 14.6 Å². The van der Waals surface area contributed by atoms with Crippen LogP contribution in [0.4, 0.5) is 5.69 Å². The topological polar surface area (TPSA) is 75.8 Å². The number of fused-ring (bicyclic) bond motifs is 1. The minimum absolute atomic E-state index is 0.0314. The standard InChI is InChI=1S/C15H18N2O3S/c1-20-10-3-2-4-11-12(10)13(16)14(21-11)15(19)17(7-8-18)9-5-6-9/h2-4,9,18H,5-8,16H2,1H3. The quantitative estimate of drug-likeness (QED) is 0.887. The number of nitrogens with zero attached hydrogens (tertiary/aromatic N) is 1. The van der Waals surface area contributed by atoms with Gasteiger partial charge in [-0.25, -0.2) is 0 Å². The summed E-state index contributed by atoms with van der Waals surface area (Å²) >= 11 is 1.38. The van der Waals surface area contributed by atoms with E-state index in [1.807, 2.05) is 18.2 Å². The summed E-state index contributed by atoms with van der Waals surface area (Å²) in [6.45, 7) is 0.324. The van der Waals surface area contributed by atoms with E-state index in [0.29, 0.717) is 22.9 Å². The van der Waals surface area contributed by atoms with Crippen LogP contribution in [0.1, 0.15) is 22.5 Å². The molecule has 1 heterocycles. The van der Waals surface area contributed by atoms with Crippen molar-refractivity contribution >= 4 is 33.0 Å². The highest BCUT2D eigenvalue weighted by Gasteiger charge is 2.34. The number of aliphatic hydroxyl groups excluding tert-OH is 1. The van der Waals surface area contributed by atoms with E-state index in [1.54, 1.807) is 12.0 Å². The molecule has 1 aromatic carbocycles. The zero-order chi connectivity index (χ0) is 15.0. The molecule has 6 heteroatoms. The molecule has 3 rings (SSSR count). The van der Waals surface area contributed by atoms with E-state index in [1.165, 1.54) is 11.3 Å². The molecule has 0 saturated heterocycles. The highest BCUT2D eigenvalue weighted by Crippen LogP contribution is 2.41. The van der Waals surface area contributed by atoms with Gasteiger partial charge in [0.2, 0.25) is 0 Å². The fourth-order valence-corrected chi connectivity index (χ4v) is 3.64. The Balaban J connectivity index is 2.03. The Morgan fingerprint density at radius 1 is 1.52 bits per heavy atom. The van der Waals surface area contributed by atoms with E-state index in [4.69, 9.17) is 15.6 Å². The van der Waals surface area contributed by atoms with Gasteiger partial charge in [-0.05, 0) is 25.0 Å². The van der Waals surface area contributed by atoms with Crippen molar-refractivity contribution in [1.82, 2.24) is 4.90 Å². The minimum atomic E-state index is -0.0905. The van der Waals surface area contributed by atoms with Gasteiger partial charge in [0, 0.05) is 17.3 Å². The van der Waals surface area contributed by atoms with Crippen LogP contribution < -0.4 is 10.5 Å². The third-order valence-electron chi connectivity index (χ3n) is 3.72. The van der Waals surface area contributed by atoms with Crippen molar-refractivity contribution in [3.8, 4) is 5.75 Å². The molecule has 1 aliphatic carbocycles. The Morgan fingerprint density at radius 3 is 2.90 bits per heavy atom. The molecule has 1 aromatic heterocycles. The molecule has 112 valence electrons. The Labute approximate surface area is 126 Å². The SMILES string of the molecule is COc1cccc2sc(C(=O)N(CCO)C3CC3)c(N)c12. The van der Waals surface area contributed by atoms with Gasteiger partial charge < -0.3 is 20.5 Å². The molecule has 0 atom stereocenters. The maximum absolute atomic E-state index is 12.7. The van der Waals surface area contributed by atoms with Crippen LogP contribution in [0, 0.1) is 0 Å². The Morgan fingerprint density at radius 2 is 2.29 bits per heavy atom. The van der Waals surface area contributed by atoms with Crippen LogP contribution in [-0.4, -0.2) is 42.2 Å². The molecule has 0 bridgehead atoms. The van der Waals surface area contributed by atoms with Gasteiger partial charge in [-0.15, -0.1) is 11.3 Å². The number of rotatable bonds is 5. The van der Waals surface area contributed by atoms with E-state index in [0.717, 1.165) is 22.9 Å². The summed E-state index contributed by atoms with van der Waals surface area (Å²) in [6.07, 6.45) is 2.00. The van der Waals surface area contributed by atoms with Gasteiger partial charge in [0.15, 0.2) is 0 Å². The molecule has 1 amide bonds. The average molecular weight is 306 g/mol. The van der Waals surface area contributed by atoms with Gasteiger partial charge in [-0.2, -0.15) is 0 Å². The third-order valence-corrected chi connectivity index (χ3v) is 4.88. The molecule has 1 saturated carbocycles. The monoisotopic (exact) mass is 306 g/mol. The Hall–Kier alpha value is -1.79. The summed E-state index contributed by atoms with van der Waals surface area (Å²) in [6, 6.07) is 5.91. The van der Waals surface area contributed by atoms with E-state index < -0.39 is 0 Å². The highest BCUT2D eigenvalue weighted by atomic mass is 32.1. The fraction of sp³-hybridized carbons (Fsp3) is 0.400. The molecule has 0 radical (unpaired) electrons. The number of aliphatic hydroxyl groups is 1. The number of ether oxygens (including phenoxy) is 1. The van der Waals surface area contributed by atoms with Crippen LogP contribution >= 0.6 is 11.3 Å². The minimum Gasteiger partial charge on any atom is -0.496 e. The predicted molar refractivity (Wildman–Crippen MR) is 83.9 cm³/mol. The fourth-order valence-electron chi connectivity index (χ4n) is 2.54. The van der Waals surface area contributed by atoms with Crippen LogP contribution in [0.5, 0.6) is 5.75 Å². The van der Waals surface area contributed by atoms with Gasteiger partial charge in [-0.1, -0.05) is 6.07 Å². The zero-order valence-electron chi connectivity index (χ0n) is 11.8. The van der Waals surface area contributed by atoms with Crippen LogP contribution in [0.2, 0.25) is 0 Å². The third kappa shape index (κ3) is 2.45. The molecule has 1 aliphatic rings. The Kier molecular flexibility index (Phi) is 3.73. The number of anilines is 1. The molecule has 2 aromatic rings. The normalized spacial score (nSPS) is 14.4. The molecule has 0 aliphatic heterocycles. The summed E-state index contributed by atoms with van der Waals surface area (Å²) in [5, 5.41) is 9.96. The first-order chi connectivity index (χ1) is 10.2. The molecule has 5 nitrogen and oxygen atoms in total. The number of nitrogens with two attached hydrogens (primary N) is 1. The number of methoxy groups -OCH3 is 1. The lowest BCUT2D eigenvalue weighted by molar-refractivity contribution is 0.0713. The van der Waals surface area contributed by atoms with Crippen molar-refractivity contribution in [2.45, 2.75) is 18.9 Å². The number of carbonyl (C=O) groups is 1. The second kappa shape index (κ2) is 5.54. The predicted octanol–water partition coefficient (Wildman–Crippen LogP) is 2.09. The maximum atomic E-state index is 12.7. The van der Waals surface area contributed by atoms with E-state index >= 15 is 0 Å². The first-order valence-corrected chi connectivity index (χ1v) is 7.75. The lowest BCUT2D eigenvalue weighted by Crippen LogP contribution is -2.35. The van der Waals surface area contributed by atoms with Crippen molar-refractivity contribution in [3.63, 3.8) is 0 Å². The number of amides is 1. The molecular weight excluding hydrogens is 288 g/mol. The van der Waals surface area contributed by atoms with Crippen LogP contribution in [0.15, 0.2) is 18.2 Å². The summed E-state index contributed by atoms with van der Waals surface area (Å²) in [7, 11) is 1.59. The summed E-state index contributed by atoms with van der Waals surface area (Å²) in [5.74, 6) is 0.590. The van der Waals surface area contributed by atoms with Crippen molar-refractivity contribution in [1.29, 1.82) is 0 Å².